The molecule has 1 aromatic rings. The fraction of sp³-hybridized carbons (Fsp3) is 0.714. The lowest BCUT2D eigenvalue weighted by atomic mass is 9.75. The Bertz CT molecular complexity index is 380. The summed E-state index contributed by atoms with van der Waals surface area (Å²) in [6.07, 6.45) is 7.58. The van der Waals surface area contributed by atoms with Crippen LogP contribution in [0.25, 0.3) is 0 Å². The Morgan fingerprint density at radius 2 is 1.94 bits per heavy atom. The van der Waals surface area contributed by atoms with Gasteiger partial charge >= 0.3 is 6.01 Å². The first-order valence-corrected chi connectivity index (χ1v) is 7.78. The summed E-state index contributed by atoms with van der Waals surface area (Å²) in [5.41, 5.74) is 0. The molecule has 2 rings (SSSR count). The van der Waals surface area contributed by atoms with E-state index in [1.54, 1.807) is 12.4 Å². The minimum absolute atomic E-state index is 0.272. The third-order valence-electron chi connectivity index (χ3n) is 3.81. The zero-order chi connectivity index (χ0) is 13.1. The molecule has 1 fully saturated rings. The van der Waals surface area contributed by atoms with Crippen LogP contribution in [0.15, 0.2) is 12.4 Å². The maximum atomic E-state index is 6.03. The van der Waals surface area contributed by atoms with Crippen LogP contribution in [0.1, 0.15) is 40.0 Å². The Hall–Kier alpha value is -0.390. The highest BCUT2D eigenvalue weighted by Crippen LogP contribution is 2.35. The minimum Gasteiger partial charge on any atom is -0.460 e. The van der Waals surface area contributed by atoms with Gasteiger partial charge in [0, 0.05) is 16.0 Å². The van der Waals surface area contributed by atoms with Gasteiger partial charge < -0.3 is 4.74 Å². The molecule has 0 saturated heterocycles. The predicted molar refractivity (Wildman–Crippen MR) is 80.5 cm³/mol. The van der Waals surface area contributed by atoms with E-state index in [4.69, 9.17) is 4.74 Å². The Labute approximate surface area is 123 Å². The van der Waals surface area contributed by atoms with Gasteiger partial charge in [0.25, 0.3) is 0 Å². The number of aromatic nitrogens is 2. The van der Waals surface area contributed by atoms with Crippen LogP contribution in [0.4, 0.5) is 0 Å². The number of rotatable bonds is 3. The smallest absolute Gasteiger partial charge is 0.316 e. The highest BCUT2D eigenvalue weighted by Gasteiger charge is 2.32. The molecule has 3 nitrogen and oxygen atoms in total. The highest BCUT2D eigenvalue weighted by atomic mass is 127. The van der Waals surface area contributed by atoms with Gasteiger partial charge in [0.1, 0.15) is 6.10 Å². The Balaban J connectivity index is 2.06. The summed E-state index contributed by atoms with van der Waals surface area (Å²) in [5.74, 6) is 2.03. The molecule has 0 aromatic carbocycles. The molecule has 1 saturated carbocycles. The van der Waals surface area contributed by atoms with Crippen LogP contribution in [0.5, 0.6) is 6.01 Å². The van der Waals surface area contributed by atoms with Crippen LogP contribution >= 0.6 is 22.6 Å². The molecule has 1 heterocycles. The molecule has 0 bridgehead atoms. The average Bonchev–Trinajstić information content (AvgIpc) is 2.32. The van der Waals surface area contributed by atoms with Crippen molar-refractivity contribution in [1.82, 2.24) is 9.97 Å². The summed E-state index contributed by atoms with van der Waals surface area (Å²) >= 11 is 2.20. The lowest BCUT2D eigenvalue weighted by Gasteiger charge is -2.36. The molecule has 0 N–H and O–H groups in total. The lowest BCUT2D eigenvalue weighted by molar-refractivity contribution is 0.0389. The summed E-state index contributed by atoms with van der Waals surface area (Å²) < 4.78 is 7.07. The standard InChI is InChI=1S/C14H21IN2O/c1-9(2)12-5-4-10(3)6-13(12)18-14-16-7-11(15)8-17-14/h7-10,12-13H,4-6H2,1-3H3. The molecule has 1 aromatic heterocycles. The molecule has 1 aliphatic rings. The first-order chi connectivity index (χ1) is 8.56. The van der Waals surface area contributed by atoms with Crippen molar-refractivity contribution in [3.8, 4) is 6.01 Å². The lowest BCUT2D eigenvalue weighted by Crippen LogP contribution is -2.36. The molecule has 3 atom stereocenters. The van der Waals surface area contributed by atoms with E-state index in [-0.39, 0.29) is 6.10 Å². The monoisotopic (exact) mass is 360 g/mol. The quantitative estimate of drug-likeness (QED) is 0.767. The second kappa shape index (κ2) is 6.17. The van der Waals surface area contributed by atoms with Crippen molar-refractivity contribution in [3.05, 3.63) is 16.0 Å². The maximum Gasteiger partial charge on any atom is 0.316 e. The van der Waals surface area contributed by atoms with Crippen molar-refractivity contribution in [1.29, 1.82) is 0 Å². The zero-order valence-corrected chi connectivity index (χ0v) is 13.4. The van der Waals surface area contributed by atoms with E-state index in [1.807, 2.05) is 0 Å². The van der Waals surface area contributed by atoms with E-state index in [2.05, 4.69) is 53.3 Å². The molecule has 1 aliphatic carbocycles. The topological polar surface area (TPSA) is 35.0 Å². The van der Waals surface area contributed by atoms with Gasteiger partial charge in [-0.25, -0.2) is 9.97 Å². The van der Waals surface area contributed by atoms with E-state index in [0.29, 0.717) is 17.8 Å². The first kappa shape index (κ1) is 14.0. The van der Waals surface area contributed by atoms with E-state index in [9.17, 15) is 0 Å². The molecular weight excluding hydrogens is 339 g/mol. The second-order valence-corrected chi connectivity index (χ2v) is 6.91. The number of nitrogens with zero attached hydrogens (tertiary/aromatic N) is 2. The average molecular weight is 360 g/mol. The third-order valence-corrected chi connectivity index (χ3v) is 4.37. The molecular formula is C14H21IN2O. The van der Waals surface area contributed by atoms with E-state index < -0.39 is 0 Å². The normalized spacial score (nSPS) is 28.4. The van der Waals surface area contributed by atoms with Gasteiger partial charge in [-0.1, -0.05) is 27.2 Å². The number of ether oxygens (including phenoxy) is 1. The van der Waals surface area contributed by atoms with Gasteiger partial charge in [-0.15, -0.1) is 0 Å². The van der Waals surface area contributed by atoms with Crippen LogP contribution in [0.2, 0.25) is 0 Å². The number of hydrogen-bond donors (Lipinski definition) is 0. The van der Waals surface area contributed by atoms with Crippen molar-refractivity contribution in [2.24, 2.45) is 17.8 Å². The summed E-state index contributed by atoms with van der Waals surface area (Å²) in [5, 5.41) is 0. The van der Waals surface area contributed by atoms with Gasteiger partial charge in [-0.05, 0) is 53.2 Å². The number of hydrogen-bond acceptors (Lipinski definition) is 3. The predicted octanol–water partition coefficient (Wildman–Crippen LogP) is 3.92. The maximum absolute atomic E-state index is 6.03. The van der Waals surface area contributed by atoms with Crippen molar-refractivity contribution in [3.63, 3.8) is 0 Å². The largest absolute Gasteiger partial charge is 0.460 e. The van der Waals surface area contributed by atoms with Gasteiger partial charge in [0.05, 0.1) is 0 Å². The molecule has 18 heavy (non-hydrogen) atoms. The molecule has 3 unspecified atom stereocenters. The van der Waals surface area contributed by atoms with Crippen molar-refractivity contribution in [2.45, 2.75) is 46.1 Å². The van der Waals surface area contributed by atoms with E-state index >= 15 is 0 Å². The fourth-order valence-electron chi connectivity index (χ4n) is 2.75. The van der Waals surface area contributed by atoms with E-state index in [0.717, 1.165) is 15.9 Å². The highest BCUT2D eigenvalue weighted by molar-refractivity contribution is 14.1. The van der Waals surface area contributed by atoms with Gasteiger partial charge in [0.15, 0.2) is 0 Å². The molecule has 0 spiro atoms. The van der Waals surface area contributed by atoms with Crippen molar-refractivity contribution < 1.29 is 4.74 Å². The summed E-state index contributed by atoms with van der Waals surface area (Å²) in [6.45, 7) is 6.87. The summed E-state index contributed by atoms with van der Waals surface area (Å²) in [6, 6.07) is 0.528. The third kappa shape index (κ3) is 3.56. The Morgan fingerprint density at radius 1 is 1.28 bits per heavy atom. The van der Waals surface area contributed by atoms with Crippen LogP contribution in [-0.2, 0) is 0 Å². The summed E-state index contributed by atoms with van der Waals surface area (Å²) in [4.78, 5) is 8.50. The summed E-state index contributed by atoms with van der Waals surface area (Å²) in [7, 11) is 0. The van der Waals surface area contributed by atoms with E-state index in [1.165, 1.54) is 12.8 Å². The first-order valence-electron chi connectivity index (χ1n) is 6.70. The molecule has 4 heteroatoms. The SMILES string of the molecule is CC1CCC(C(C)C)C(Oc2ncc(I)cn2)C1. The molecule has 0 radical (unpaired) electrons. The fourth-order valence-corrected chi connectivity index (χ4v) is 3.03. The van der Waals surface area contributed by atoms with Crippen molar-refractivity contribution in [2.75, 3.05) is 0 Å². The molecule has 0 amide bonds. The van der Waals surface area contributed by atoms with Crippen LogP contribution in [-0.4, -0.2) is 16.1 Å². The second-order valence-electron chi connectivity index (χ2n) is 5.67. The van der Waals surface area contributed by atoms with Crippen LogP contribution in [0, 0.1) is 21.3 Å². The Morgan fingerprint density at radius 3 is 2.56 bits per heavy atom. The van der Waals surface area contributed by atoms with Crippen LogP contribution < -0.4 is 4.74 Å². The van der Waals surface area contributed by atoms with Crippen LogP contribution in [0.3, 0.4) is 0 Å². The molecule has 100 valence electrons. The van der Waals surface area contributed by atoms with Gasteiger partial charge in [-0.2, -0.15) is 0 Å². The zero-order valence-electron chi connectivity index (χ0n) is 11.3. The van der Waals surface area contributed by atoms with Gasteiger partial charge in [0.2, 0.25) is 0 Å². The van der Waals surface area contributed by atoms with Crippen molar-refractivity contribution >= 4 is 22.6 Å². The van der Waals surface area contributed by atoms with Gasteiger partial charge in [-0.3, -0.25) is 0 Å². The minimum atomic E-state index is 0.272. The molecule has 0 aliphatic heterocycles. The number of halogens is 1. The Kier molecular flexibility index (Phi) is 4.81.